The fourth-order valence-electron chi connectivity index (χ4n) is 1.41. The van der Waals surface area contributed by atoms with Gasteiger partial charge in [0.25, 0.3) is 0 Å². The summed E-state index contributed by atoms with van der Waals surface area (Å²) in [5.41, 5.74) is 1.41. The van der Waals surface area contributed by atoms with Crippen molar-refractivity contribution in [3.8, 4) is 0 Å². The van der Waals surface area contributed by atoms with Gasteiger partial charge >= 0.3 is 5.97 Å². The van der Waals surface area contributed by atoms with Crippen molar-refractivity contribution < 1.29 is 15.0 Å². The largest absolute Gasteiger partial charge is 0.481 e. The summed E-state index contributed by atoms with van der Waals surface area (Å²) in [4.78, 5) is 9.37. The standard InChI is InChI=1S/C11H22O.C3H6O2/c1-10(2)9-11(3)7-5-4-6-8-12;1-2-3(4)5/h9,11-12H,4-8H2,1-3H3;2H2,1H3,(H,4,5). The smallest absolute Gasteiger partial charge is 0.303 e. The Labute approximate surface area is 106 Å². The molecule has 0 aromatic heterocycles. The average molecular weight is 244 g/mol. The van der Waals surface area contributed by atoms with Gasteiger partial charge in [0.2, 0.25) is 0 Å². The zero-order chi connectivity index (χ0) is 13.7. The maximum Gasteiger partial charge on any atom is 0.303 e. The van der Waals surface area contributed by atoms with E-state index < -0.39 is 5.97 Å². The molecule has 0 aliphatic heterocycles. The zero-order valence-electron chi connectivity index (χ0n) is 11.7. The summed E-state index contributed by atoms with van der Waals surface area (Å²) >= 11 is 0. The molecule has 0 amide bonds. The van der Waals surface area contributed by atoms with Crippen LogP contribution >= 0.6 is 0 Å². The molecule has 1 unspecified atom stereocenters. The van der Waals surface area contributed by atoms with Gasteiger partial charge in [0.05, 0.1) is 0 Å². The van der Waals surface area contributed by atoms with Crippen LogP contribution in [-0.4, -0.2) is 22.8 Å². The molecule has 0 saturated carbocycles. The molecule has 0 aromatic carbocycles. The molecule has 0 aromatic rings. The number of carboxylic acid groups (broad SMARTS) is 1. The highest BCUT2D eigenvalue weighted by Gasteiger charge is 1.96. The third-order valence-electron chi connectivity index (χ3n) is 2.24. The quantitative estimate of drug-likeness (QED) is 0.531. The summed E-state index contributed by atoms with van der Waals surface area (Å²) in [5.74, 6) is -0.0429. The molecule has 0 aliphatic rings. The first-order valence-electron chi connectivity index (χ1n) is 6.41. The number of hydrogen-bond acceptors (Lipinski definition) is 2. The molecule has 0 aliphatic carbocycles. The third kappa shape index (κ3) is 21.1. The van der Waals surface area contributed by atoms with Crippen molar-refractivity contribution in [3.05, 3.63) is 11.6 Å². The number of aliphatic hydroxyl groups excluding tert-OH is 1. The van der Waals surface area contributed by atoms with Crippen LogP contribution in [0.15, 0.2) is 11.6 Å². The summed E-state index contributed by atoms with van der Waals surface area (Å²) in [6.45, 7) is 8.49. The number of carbonyl (C=O) groups is 1. The van der Waals surface area contributed by atoms with Crippen molar-refractivity contribution in [1.82, 2.24) is 0 Å². The predicted molar refractivity (Wildman–Crippen MR) is 72.1 cm³/mol. The van der Waals surface area contributed by atoms with Gasteiger partial charge in [0, 0.05) is 13.0 Å². The lowest BCUT2D eigenvalue weighted by atomic mass is 10.0. The van der Waals surface area contributed by atoms with E-state index in [1.165, 1.54) is 18.4 Å². The topological polar surface area (TPSA) is 57.5 Å². The Bertz CT molecular complexity index is 206. The second-order valence-corrected chi connectivity index (χ2v) is 4.54. The second kappa shape index (κ2) is 13.2. The van der Waals surface area contributed by atoms with Crippen LogP contribution in [0.2, 0.25) is 0 Å². The van der Waals surface area contributed by atoms with Crippen LogP contribution in [0, 0.1) is 5.92 Å². The van der Waals surface area contributed by atoms with Gasteiger partial charge in [-0.25, -0.2) is 0 Å². The first-order chi connectivity index (χ1) is 7.93. The van der Waals surface area contributed by atoms with E-state index in [-0.39, 0.29) is 6.42 Å². The van der Waals surface area contributed by atoms with Crippen LogP contribution in [0.1, 0.15) is 59.8 Å². The van der Waals surface area contributed by atoms with Gasteiger partial charge < -0.3 is 10.2 Å². The van der Waals surface area contributed by atoms with Crippen molar-refractivity contribution in [1.29, 1.82) is 0 Å². The summed E-state index contributed by atoms with van der Waals surface area (Å²) in [7, 11) is 0. The molecule has 3 nitrogen and oxygen atoms in total. The molecule has 0 bridgehead atoms. The van der Waals surface area contributed by atoms with Crippen molar-refractivity contribution in [2.75, 3.05) is 6.61 Å². The molecule has 1 atom stereocenters. The fraction of sp³-hybridized carbons (Fsp3) is 0.786. The lowest BCUT2D eigenvalue weighted by molar-refractivity contribution is -0.136. The molecule has 0 fully saturated rings. The van der Waals surface area contributed by atoms with Crippen molar-refractivity contribution >= 4 is 5.97 Å². The van der Waals surface area contributed by atoms with Crippen LogP contribution < -0.4 is 0 Å². The first-order valence-corrected chi connectivity index (χ1v) is 6.41. The van der Waals surface area contributed by atoms with Crippen LogP contribution in [0.5, 0.6) is 0 Å². The van der Waals surface area contributed by atoms with Crippen LogP contribution in [0.3, 0.4) is 0 Å². The fourth-order valence-corrected chi connectivity index (χ4v) is 1.41. The number of allylic oxidation sites excluding steroid dienone is 2. The monoisotopic (exact) mass is 244 g/mol. The highest BCUT2D eigenvalue weighted by atomic mass is 16.4. The first kappa shape index (κ1) is 18.5. The molecule has 0 rings (SSSR count). The molecular weight excluding hydrogens is 216 g/mol. The minimum absolute atomic E-state index is 0.222. The predicted octanol–water partition coefficient (Wildman–Crippen LogP) is 3.62. The Morgan fingerprint density at radius 3 is 2.12 bits per heavy atom. The van der Waals surface area contributed by atoms with Gasteiger partial charge in [0.1, 0.15) is 0 Å². The number of unbranched alkanes of at least 4 members (excludes halogenated alkanes) is 2. The summed E-state index contributed by atoms with van der Waals surface area (Å²) in [6, 6.07) is 0. The van der Waals surface area contributed by atoms with Gasteiger partial charge in [-0.2, -0.15) is 0 Å². The Hall–Kier alpha value is -0.830. The van der Waals surface area contributed by atoms with Crippen LogP contribution in [-0.2, 0) is 4.79 Å². The molecule has 0 heterocycles. The normalized spacial score (nSPS) is 11.1. The van der Waals surface area contributed by atoms with Crippen molar-refractivity contribution in [2.45, 2.75) is 59.8 Å². The van der Waals surface area contributed by atoms with E-state index in [0.717, 1.165) is 12.8 Å². The van der Waals surface area contributed by atoms with E-state index >= 15 is 0 Å². The lowest BCUT2D eigenvalue weighted by Crippen LogP contribution is -1.91. The van der Waals surface area contributed by atoms with E-state index in [2.05, 4.69) is 26.8 Å². The van der Waals surface area contributed by atoms with Crippen LogP contribution in [0.25, 0.3) is 0 Å². The van der Waals surface area contributed by atoms with Crippen molar-refractivity contribution in [2.24, 2.45) is 5.92 Å². The number of aliphatic carboxylic acids is 1. The van der Waals surface area contributed by atoms with Gasteiger partial charge in [0.15, 0.2) is 0 Å². The van der Waals surface area contributed by atoms with E-state index in [1.807, 2.05) is 0 Å². The summed E-state index contributed by atoms with van der Waals surface area (Å²) in [6.07, 6.45) is 7.16. The Morgan fingerprint density at radius 1 is 1.24 bits per heavy atom. The maximum absolute atomic E-state index is 9.37. The molecular formula is C14H28O3. The number of rotatable bonds is 7. The average Bonchev–Trinajstić information content (AvgIpc) is 2.24. The lowest BCUT2D eigenvalue weighted by Gasteiger charge is -2.05. The molecule has 0 radical (unpaired) electrons. The van der Waals surface area contributed by atoms with E-state index in [1.54, 1.807) is 6.92 Å². The molecule has 0 saturated heterocycles. The maximum atomic E-state index is 9.37. The molecule has 17 heavy (non-hydrogen) atoms. The Kier molecular flexibility index (Phi) is 14.4. The highest BCUT2D eigenvalue weighted by Crippen LogP contribution is 2.12. The Morgan fingerprint density at radius 2 is 1.76 bits per heavy atom. The van der Waals surface area contributed by atoms with Crippen LogP contribution in [0.4, 0.5) is 0 Å². The zero-order valence-corrected chi connectivity index (χ0v) is 11.7. The molecule has 102 valence electrons. The number of aliphatic hydroxyl groups is 1. The SMILES string of the molecule is CC(C)=CC(C)CCCCCO.CCC(=O)O. The Balaban J connectivity index is 0. The van der Waals surface area contributed by atoms with E-state index in [9.17, 15) is 4.79 Å². The van der Waals surface area contributed by atoms with Gasteiger partial charge in [-0.3, -0.25) is 4.79 Å². The highest BCUT2D eigenvalue weighted by molar-refractivity contribution is 5.66. The second-order valence-electron chi connectivity index (χ2n) is 4.54. The van der Waals surface area contributed by atoms with E-state index in [4.69, 9.17) is 10.2 Å². The van der Waals surface area contributed by atoms with Gasteiger partial charge in [-0.05, 0) is 32.6 Å². The number of carboxylic acids is 1. The van der Waals surface area contributed by atoms with Gasteiger partial charge in [-0.15, -0.1) is 0 Å². The van der Waals surface area contributed by atoms with Crippen molar-refractivity contribution in [3.63, 3.8) is 0 Å². The molecule has 2 N–H and O–H groups in total. The minimum atomic E-state index is -0.745. The number of hydrogen-bond donors (Lipinski definition) is 2. The van der Waals surface area contributed by atoms with E-state index in [0.29, 0.717) is 12.5 Å². The molecule has 0 spiro atoms. The summed E-state index contributed by atoms with van der Waals surface area (Å²) < 4.78 is 0. The molecule has 3 heteroatoms. The van der Waals surface area contributed by atoms with Gasteiger partial charge in [-0.1, -0.05) is 38.3 Å². The third-order valence-corrected chi connectivity index (χ3v) is 2.24. The summed E-state index contributed by atoms with van der Waals surface area (Å²) in [5, 5.41) is 16.3. The minimum Gasteiger partial charge on any atom is -0.481 e.